The smallest absolute Gasteiger partial charge is 0.0981 e. The van der Waals surface area contributed by atoms with Gasteiger partial charge in [0.1, 0.15) is 0 Å². The number of hydrogen-bond donors (Lipinski definition) is 0. The molecule has 0 aromatic carbocycles. The molecule has 0 unspecified atom stereocenters. The highest BCUT2D eigenvalue weighted by Gasteiger charge is 1.78. The van der Waals surface area contributed by atoms with Gasteiger partial charge in [-0.3, -0.25) is 4.90 Å². The average Bonchev–Trinajstić information content (AvgIpc) is 1.89. The zero-order chi connectivity index (χ0) is 9.28. The van der Waals surface area contributed by atoms with Crippen molar-refractivity contribution in [3.05, 3.63) is 0 Å². The van der Waals surface area contributed by atoms with E-state index in [-0.39, 0.29) is 0 Å². The molecule has 11 heavy (non-hydrogen) atoms. The van der Waals surface area contributed by atoms with E-state index in [4.69, 9.17) is 4.74 Å². The molecule has 0 aliphatic carbocycles. The molecule has 0 amide bonds. The lowest BCUT2D eigenvalue weighted by Crippen LogP contribution is -2.13. The first-order chi connectivity index (χ1) is 5.04. The predicted molar refractivity (Wildman–Crippen MR) is 49.8 cm³/mol. The first kappa shape index (κ1) is 13.5. The van der Waals surface area contributed by atoms with E-state index < -0.39 is 0 Å². The Labute approximate surface area is 70.9 Å². The van der Waals surface area contributed by atoms with Crippen LogP contribution in [0.5, 0.6) is 0 Å². The summed E-state index contributed by atoms with van der Waals surface area (Å²) in [6.45, 7) is 3.97. The molecule has 0 atom stereocenters. The van der Waals surface area contributed by atoms with E-state index >= 15 is 0 Å². The molecule has 3 heteroatoms. The van der Waals surface area contributed by atoms with Crippen molar-refractivity contribution in [1.82, 2.24) is 9.80 Å². The van der Waals surface area contributed by atoms with Crippen molar-refractivity contribution in [2.45, 2.75) is 6.92 Å². The Hall–Kier alpha value is -0.120. The minimum atomic E-state index is 0.708. The maximum absolute atomic E-state index is 4.73. The summed E-state index contributed by atoms with van der Waals surface area (Å²) in [5.74, 6) is 0. The third-order valence-electron chi connectivity index (χ3n) is 1.02. The van der Waals surface area contributed by atoms with Crippen molar-refractivity contribution in [3.8, 4) is 0 Å². The highest BCUT2D eigenvalue weighted by molar-refractivity contribution is 4.25. The largest absolute Gasteiger partial charge is 0.369 e. The van der Waals surface area contributed by atoms with Crippen molar-refractivity contribution in [1.29, 1.82) is 0 Å². The van der Waals surface area contributed by atoms with Crippen LogP contribution in [0.1, 0.15) is 6.92 Å². The molecular weight excluding hydrogens is 140 g/mol. The first-order valence-corrected chi connectivity index (χ1v) is 3.83. The molecule has 0 aliphatic heterocycles. The van der Waals surface area contributed by atoms with Crippen LogP contribution >= 0.6 is 0 Å². The summed E-state index contributed by atoms with van der Waals surface area (Å²) in [5, 5.41) is 0. The summed E-state index contributed by atoms with van der Waals surface area (Å²) >= 11 is 0. The second-order valence-electron chi connectivity index (χ2n) is 2.89. The summed E-state index contributed by atoms with van der Waals surface area (Å²) in [6, 6.07) is 0. The maximum Gasteiger partial charge on any atom is 0.0981 e. The Morgan fingerprint density at radius 3 is 1.36 bits per heavy atom. The standard InChI is InChI=1S/C4H11NO.C4H11N/c1-5(2)4-6-3;1-4-5(2)3/h4H2,1-3H3;4H2,1-3H3. The van der Waals surface area contributed by atoms with Crippen LogP contribution in [0.15, 0.2) is 0 Å². The minimum absolute atomic E-state index is 0.708. The topological polar surface area (TPSA) is 15.7 Å². The van der Waals surface area contributed by atoms with Gasteiger partial charge in [-0.05, 0) is 34.7 Å². The molecule has 0 saturated heterocycles. The van der Waals surface area contributed by atoms with Crippen LogP contribution in [0.25, 0.3) is 0 Å². The van der Waals surface area contributed by atoms with Gasteiger partial charge < -0.3 is 9.64 Å². The number of ether oxygens (including phenoxy) is 1. The molecule has 0 saturated carbocycles. The van der Waals surface area contributed by atoms with Gasteiger partial charge in [-0.2, -0.15) is 0 Å². The lowest BCUT2D eigenvalue weighted by molar-refractivity contribution is 0.0994. The molecular formula is C8H22N2O. The predicted octanol–water partition coefficient (Wildman–Crippen LogP) is 0.720. The second kappa shape index (κ2) is 9.88. The minimum Gasteiger partial charge on any atom is -0.369 e. The third-order valence-corrected chi connectivity index (χ3v) is 1.02. The van der Waals surface area contributed by atoms with Crippen molar-refractivity contribution < 1.29 is 4.74 Å². The second-order valence-corrected chi connectivity index (χ2v) is 2.89. The van der Waals surface area contributed by atoms with Crippen LogP contribution < -0.4 is 0 Å². The Morgan fingerprint density at radius 2 is 1.36 bits per heavy atom. The number of methoxy groups -OCH3 is 1. The fourth-order valence-electron chi connectivity index (χ4n) is 0.258. The maximum atomic E-state index is 4.73. The van der Waals surface area contributed by atoms with Gasteiger partial charge in [0.05, 0.1) is 6.73 Å². The van der Waals surface area contributed by atoms with Crippen molar-refractivity contribution in [2.75, 3.05) is 48.6 Å². The van der Waals surface area contributed by atoms with Gasteiger partial charge in [-0.15, -0.1) is 0 Å². The van der Waals surface area contributed by atoms with Gasteiger partial charge in [0.15, 0.2) is 0 Å². The van der Waals surface area contributed by atoms with Gasteiger partial charge in [-0.1, -0.05) is 6.92 Å². The fraction of sp³-hybridized carbons (Fsp3) is 1.00. The van der Waals surface area contributed by atoms with E-state index in [1.807, 2.05) is 19.0 Å². The Kier molecular flexibility index (Phi) is 12.1. The summed E-state index contributed by atoms with van der Waals surface area (Å²) in [6.07, 6.45) is 0. The molecule has 0 radical (unpaired) electrons. The van der Waals surface area contributed by atoms with Crippen LogP contribution in [0.4, 0.5) is 0 Å². The molecule has 70 valence electrons. The van der Waals surface area contributed by atoms with Crippen LogP contribution in [0.3, 0.4) is 0 Å². The van der Waals surface area contributed by atoms with Gasteiger partial charge in [0.25, 0.3) is 0 Å². The normalized spacial score (nSPS) is 9.82. The Balaban J connectivity index is 0. The summed E-state index contributed by atoms with van der Waals surface area (Å²) in [4.78, 5) is 4.08. The third kappa shape index (κ3) is 25.8. The van der Waals surface area contributed by atoms with E-state index in [1.54, 1.807) is 7.11 Å². The van der Waals surface area contributed by atoms with Crippen LogP contribution in [-0.2, 0) is 4.74 Å². The molecule has 0 heterocycles. The van der Waals surface area contributed by atoms with Crippen LogP contribution in [-0.4, -0.2) is 58.4 Å². The van der Waals surface area contributed by atoms with E-state index in [0.717, 1.165) is 6.54 Å². The number of hydrogen-bond acceptors (Lipinski definition) is 3. The zero-order valence-electron chi connectivity index (χ0n) is 8.72. The van der Waals surface area contributed by atoms with Crippen molar-refractivity contribution in [3.63, 3.8) is 0 Å². The SMILES string of the molecule is CCN(C)C.COCN(C)C. The van der Waals surface area contributed by atoms with Gasteiger partial charge in [0.2, 0.25) is 0 Å². The molecule has 0 N–H and O–H groups in total. The molecule has 0 fully saturated rings. The highest BCUT2D eigenvalue weighted by Crippen LogP contribution is 1.68. The van der Waals surface area contributed by atoms with Crippen LogP contribution in [0, 0.1) is 0 Å². The van der Waals surface area contributed by atoms with Crippen molar-refractivity contribution >= 4 is 0 Å². The first-order valence-electron chi connectivity index (χ1n) is 3.83. The zero-order valence-corrected chi connectivity index (χ0v) is 8.72. The molecule has 0 rings (SSSR count). The van der Waals surface area contributed by atoms with E-state index in [1.165, 1.54) is 0 Å². The monoisotopic (exact) mass is 162 g/mol. The average molecular weight is 162 g/mol. The lowest BCUT2D eigenvalue weighted by atomic mass is 10.7. The van der Waals surface area contributed by atoms with Gasteiger partial charge in [0, 0.05) is 7.11 Å². The Bertz CT molecular complexity index is 65.1. The molecule has 3 nitrogen and oxygen atoms in total. The van der Waals surface area contributed by atoms with E-state index in [0.29, 0.717) is 6.73 Å². The Morgan fingerprint density at radius 1 is 1.00 bits per heavy atom. The van der Waals surface area contributed by atoms with Crippen LogP contribution in [0.2, 0.25) is 0 Å². The molecule has 0 aliphatic rings. The molecule has 0 bridgehead atoms. The van der Waals surface area contributed by atoms with E-state index in [9.17, 15) is 0 Å². The fourth-order valence-corrected chi connectivity index (χ4v) is 0.258. The number of rotatable bonds is 3. The lowest BCUT2D eigenvalue weighted by Gasteiger charge is -2.04. The summed E-state index contributed by atoms with van der Waals surface area (Å²) < 4.78 is 4.73. The van der Waals surface area contributed by atoms with Gasteiger partial charge >= 0.3 is 0 Å². The summed E-state index contributed by atoms with van der Waals surface area (Å²) in [7, 11) is 9.72. The quantitative estimate of drug-likeness (QED) is 0.569. The molecule has 0 spiro atoms. The molecule has 0 aromatic rings. The molecule has 0 aromatic heterocycles. The summed E-state index contributed by atoms with van der Waals surface area (Å²) in [5.41, 5.74) is 0. The number of nitrogens with zero attached hydrogens (tertiary/aromatic N) is 2. The highest BCUT2D eigenvalue weighted by atomic mass is 16.5. The van der Waals surface area contributed by atoms with Gasteiger partial charge in [-0.25, -0.2) is 0 Å². The van der Waals surface area contributed by atoms with Crippen molar-refractivity contribution in [2.24, 2.45) is 0 Å². The van der Waals surface area contributed by atoms with E-state index in [2.05, 4.69) is 25.9 Å².